The molecule has 0 bridgehead atoms. The Balaban J connectivity index is 1.59. The van der Waals surface area contributed by atoms with Crippen LogP contribution in [0.3, 0.4) is 0 Å². The molecule has 1 aliphatic carbocycles. The number of piperidine rings is 1. The fourth-order valence-electron chi connectivity index (χ4n) is 4.31. The fraction of sp³-hybridized carbons (Fsp3) is 1.00. The van der Waals surface area contributed by atoms with Gasteiger partial charge in [0.15, 0.2) is 0 Å². The van der Waals surface area contributed by atoms with Crippen LogP contribution in [-0.2, 0) is 0 Å². The van der Waals surface area contributed by atoms with Crippen molar-refractivity contribution in [2.45, 2.75) is 57.5 Å². The minimum Gasteiger partial charge on any atom is -0.314 e. The van der Waals surface area contributed by atoms with Crippen LogP contribution in [0, 0.1) is 5.92 Å². The van der Waals surface area contributed by atoms with Gasteiger partial charge in [0.05, 0.1) is 0 Å². The van der Waals surface area contributed by atoms with Gasteiger partial charge < -0.3 is 5.32 Å². The summed E-state index contributed by atoms with van der Waals surface area (Å²) in [5.41, 5.74) is 0.975. The topological polar surface area (TPSA) is 18.5 Å². The molecule has 3 heteroatoms. The predicted octanol–water partition coefficient (Wildman–Crippen LogP) is 1.93. The van der Waals surface area contributed by atoms with Crippen molar-refractivity contribution in [2.24, 2.45) is 5.92 Å². The molecule has 3 nitrogen and oxygen atoms in total. The van der Waals surface area contributed by atoms with Crippen molar-refractivity contribution in [1.82, 2.24) is 15.1 Å². The van der Waals surface area contributed by atoms with Gasteiger partial charge >= 0.3 is 0 Å². The first-order valence-electron chi connectivity index (χ1n) is 8.23. The maximum Gasteiger partial charge on any atom is 0.0241 e. The summed E-state index contributed by atoms with van der Waals surface area (Å²) in [5, 5.41) is 3.49. The average Bonchev–Trinajstić information content (AvgIpc) is 3.20. The van der Waals surface area contributed by atoms with Crippen molar-refractivity contribution in [1.29, 1.82) is 0 Å². The van der Waals surface area contributed by atoms with Crippen LogP contribution < -0.4 is 5.32 Å². The molecule has 110 valence electrons. The Morgan fingerprint density at radius 3 is 2.00 bits per heavy atom. The molecule has 1 N–H and O–H groups in total. The van der Waals surface area contributed by atoms with Crippen molar-refractivity contribution < 1.29 is 0 Å². The van der Waals surface area contributed by atoms with Gasteiger partial charge in [-0.25, -0.2) is 0 Å². The lowest BCUT2D eigenvalue weighted by atomic mass is 9.84. The summed E-state index contributed by atoms with van der Waals surface area (Å²) >= 11 is 0. The van der Waals surface area contributed by atoms with Gasteiger partial charge in [-0.1, -0.05) is 0 Å². The minimum atomic E-state index is 0.358. The average molecular weight is 265 g/mol. The van der Waals surface area contributed by atoms with Crippen LogP contribution in [0.2, 0.25) is 0 Å². The number of piperazine rings is 1. The number of rotatable bonds is 2. The third-order valence-electron chi connectivity index (χ3n) is 5.71. The Morgan fingerprint density at radius 2 is 1.53 bits per heavy atom. The summed E-state index contributed by atoms with van der Waals surface area (Å²) in [5.74, 6) is 0.962. The summed E-state index contributed by atoms with van der Waals surface area (Å²) in [6.45, 7) is 14.6. The monoisotopic (exact) mass is 265 g/mol. The van der Waals surface area contributed by atoms with Crippen molar-refractivity contribution >= 4 is 0 Å². The molecule has 0 amide bonds. The van der Waals surface area contributed by atoms with Crippen LogP contribution in [0.5, 0.6) is 0 Å². The second-order valence-electron chi connectivity index (χ2n) is 7.77. The molecule has 0 radical (unpaired) electrons. The van der Waals surface area contributed by atoms with Crippen molar-refractivity contribution in [3.8, 4) is 0 Å². The zero-order chi connectivity index (χ0) is 13.5. The van der Waals surface area contributed by atoms with Crippen LogP contribution in [0.1, 0.15) is 46.5 Å². The first-order valence-corrected chi connectivity index (χ1v) is 8.23. The van der Waals surface area contributed by atoms with Crippen LogP contribution in [0.25, 0.3) is 0 Å². The van der Waals surface area contributed by atoms with Gasteiger partial charge in [0, 0.05) is 37.3 Å². The molecule has 19 heavy (non-hydrogen) atoms. The molecule has 2 heterocycles. The van der Waals surface area contributed by atoms with E-state index >= 15 is 0 Å². The highest BCUT2D eigenvalue weighted by atomic mass is 15.3. The highest BCUT2D eigenvalue weighted by Crippen LogP contribution is 2.51. The zero-order valence-corrected chi connectivity index (χ0v) is 13.0. The molecule has 3 aliphatic rings. The molecule has 3 fully saturated rings. The Labute approximate surface area is 118 Å². The molecule has 0 aromatic carbocycles. The first kappa shape index (κ1) is 13.8. The van der Waals surface area contributed by atoms with E-state index in [-0.39, 0.29) is 0 Å². The molecular weight excluding hydrogens is 234 g/mol. The highest BCUT2D eigenvalue weighted by molar-refractivity contribution is 5.10. The third-order valence-corrected chi connectivity index (χ3v) is 5.71. The maximum absolute atomic E-state index is 3.49. The van der Waals surface area contributed by atoms with Gasteiger partial charge in [-0.05, 0) is 65.5 Å². The summed E-state index contributed by atoms with van der Waals surface area (Å²) in [6, 6.07) is 0. The van der Waals surface area contributed by atoms with E-state index in [1.165, 1.54) is 65.0 Å². The second kappa shape index (κ2) is 5.01. The summed E-state index contributed by atoms with van der Waals surface area (Å²) in [6.07, 6.45) is 5.77. The number of hydrogen-bond donors (Lipinski definition) is 1. The van der Waals surface area contributed by atoms with Crippen LogP contribution in [-0.4, -0.2) is 60.1 Å². The Bertz CT molecular complexity index is 302. The molecule has 0 aromatic rings. The number of nitrogens with one attached hydrogen (secondary N) is 1. The SMILES string of the molecule is CC(C)(C)N1CCC(C2(N3CCNCC3)CC2)CC1. The number of nitrogens with zero attached hydrogens (tertiary/aromatic N) is 2. The van der Waals surface area contributed by atoms with Gasteiger partial charge in [-0.15, -0.1) is 0 Å². The molecule has 2 aliphatic heterocycles. The molecule has 0 spiro atoms. The van der Waals surface area contributed by atoms with E-state index < -0.39 is 0 Å². The van der Waals surface area contributed by atoms with Crippen LogP contribution in [0.4, 0.5) is 0 Å². The van der Waals surface area contributed by atoms with Gasteiger partial charge in [-0.2, -0.15) is 0 Å². The first-order chi connectivity index (χ1) is 9.02. The van der Waals surface area contributed by atoms with E-state index in [0.29, 0.717) is 11.1 Å². The van der Waals surface area contributed by atoms with Gasteiger partial charge in [0.2, 0.25) is 0 Å². The van der Waals surface area contributed by atoms with E-state index in [1.54, 1.807) is 0 Å². The lowest BCUT2D eigenvalue weighted by Gasteiger charge is -2.46. The molecular formula is C16H31N3. The molecule has 2 saturated heterocycles. The van der Waals surface area contributed by atoms with Gasteiger partial charge in [0.1, 0.15) is 0 Å². The molecule has 3 rings (SSSR count). The second-order valence-corrected chi connectivity index (χ2v) is 7.77. The zero-order valence-electron chi connectivity index (χ0n) is 13.0. The summed E-state index contributed by atoms with van der Waals surface area (Å²) < 4.78 is 0. The third kappa shape index (κ3) is 2.70. The lowest BCUT2D eigenvalue weighted by Crippen LogP contribution is -2.55. The van der Waals surface area contributed by atoms with Crippen molar-refractivity contribution in [2.75, 3.05) is 39.3 Å². The van der Waals surface area contributed by atoms with Crippen molar-refractivity contribution in [3.63, 3.8) is 0 Å². The van der Waals surface area contributed by atoms with E-state index in [9.17, 15) is 0 Å². The summed E-state index contributed by atoms with van der Waals surface area (Å²) in [4.78, 5) is 5.50. The Morgan fingerprint density at radius 1 is 0.947 bits per heavy atom. The highest BCUT2D eigenvalue weighted by Gasteiger charge is 2.53. The largest absolute Gasteiger partial charge is 0.314 e. The molecule has 0 unspecified atom stereocenters. The van der Waals surface area contributed by atoms with Gasteiger partial charge in [0.25, 0.3) is 0 Å². The lowest BCUT2D eigenvalue weighted by molar-refractivity contribution is 0.0319. The number of likely N-dealkylation sites (tertiary alicyclic amines) is 1. The van der Waals surface area contributed by atoms with E-state index in [1.807, 2.05) is 0 Å². The normalized spacial score (nSPS) is 30.5. The molecule has 0 atom stereocenters. The van der Waals surface area contributed by atoms with E-state index in [4.69, 9.17) is 0 Å². The van der Waals surface area contributed by atoms with Crippen LogP contribution >= 0.6 is 0 Å². The standard InChI is InChI=1S/C16H31N3/c1-15(2,3)18-10-4-14(5-11-18)16(6-7-16)19-12-8-17-9-13-19/h14,17H,4-13H2,1-3H3. The molecule has 0 aromatic heterocycles. The molecule has 1 saturated carbocycles. The van der Waals surface area contributed by atoms with Crippen LogP contribution in [0.15, 0.2) is 0 Å². The fourth-order valence-corrected chi connectivity index (χ4v) is 4.31. The Kier molecular flexibility index (Phi) is 3.65. The number of hydrogen-bond acceptors (Lipinski definition) is 3. The maximum atomic E-state index is 3.49. The smallest absolute Gasteiger partial charge is 0.0241 e. The summed E-state index contributed by atoms with van der Waals surface area (Å²) in [7, 11) is 0. The Hall–Kier alpha value is -0.120. The van der Waals surface area contributed by atoms with Gasteiger partial charge in [-0.3, -0.25) is 9.80 Å². The quantitative estimate of drug-likeness (QED) is 0.823. The predicted molar refractivity (Wildman–Crippen MR) is 80.5 cm³/mol. The van der Waals surface area contributed by atoms with Crippen molar-refractivity contribution in [3.05, 3.63) is 0 Å². The van der Waals surface area contributed by atoms with E-state index in [0.717, 1.165) is 5.92 Å². The van der Waals surface area contributed by atoms with E-state index in [2.05, 4.69) is 35.9 Å². The minimum absolute atomic E-state index is 0.358.